The lowest BCUT2D eigenvalue weighted by molar-refractivity contribution is 0.672. The molecule has 8 rings (SSSR count). The average molecular weight is 501 g/mol. The van der Waals surface area contributed by atoms with Gasteiger partial charge in [0.25, 0.3) is 0 Å². The Labute approximate surface area is 225 Å². The number of imidazole rings is 1. The van der Waals surface area contributed by atoms with Crippen molar-refractivity contribution < 1.29 is 4.42 Å². The molecule has 0 amide bonds. The fourth-order valence-electron chi connectivity index (χ4n) is 5.85. The maximum absolute atomic E-state index is 6.30. The molecule has 0 saturated carbocycles. The first-order chi connectivity index (χ1) is 19.2. The van der Waals surface area contributed by atoms with E-state index in [4.69, 9.17) is 9.40 Å². The monoisotopic (exact) mass is 500 g/mol. The highest BCUT2D eigenvalue weighted by molar-refractivity contribution is 6.19. The number of fused-ring (bicyclic) bond motifs is 6. The average Bonchev–Trinajstić information content (AvgIpc) is 3.54. The topological polar surface area (TPSA) is 31.0 Å². The molecular weight excluding hydrogens is 476 g/mol. The molecule has 0 spiro atoms. The first-order valence-electron chi connectivity index (χ1n) is 13.2. The number of furan rings is 1. The van der Waals surface area contributed by atoms with Crippen LogP contribution in [-0.4, -0.2) is 9.55 Å². The molecule has 8 aromatic rings. The predicted octanol–water partition coefficient (Wildman–Crippen LogP) is 9.63. The molecule has 0 fully saturated rings. The van der Waals surface area contributed by atoms with Gasteiger partial charge in [0.2, 0.25) is 0 Å². The summed E-state index contributed by atoms with van der Waals surface area (Å²) in [5, 5.41) is 4.63. The van der Waals surface area contributed by atoms with E-state index in [0.29, 0.717) is 0 Å². The van der Waals surface area contributed by atoms with Crippen molar-refractivity contribution in [3.8, 4) is 33.6 Å². The minimum atomic E-state index is 0.922. The summed E-state index contributed by atoms with van der Waals surface area (Å²) in [4.78, 5) is 4.97. The molecule has 0 unspecified atom stereocenters. The van der Waals surface area contributed by atoms with E-state index in [9.17, 15) is 0 Å². The van der Waals surface area contributed by atoms with E-state index in [-0.39, 0.29) is 0 Å². The maximum atomic E-state index is 6.30. The fraction of sp³-hybridized carbons (Fsp3) is 0.0278. The number of nitrogens with zero attached hydrogens (tertiary/aromatic N) is 2. The third-order valence-corrected chi connectivity index (χ3v) is 7.83. The molecule has 2 aromatic heterocycles. The molecule has 6 aromatic carbocycles. The molecule has 0 aliphatic rings. The number of aryl methyl sites for hydroxylation is 1. The SMILES string of the molecule is Cn1c(-c2ccccc2)nc2cc(-c3ccc(-c4cc5c6ccccc6oc5c5ccccc45)cc3)ccc21. The van der Waals surface area contributed by atoms with Gasteiger partial charge in [-0.05, 0) is 51.9 Å². The number of hydrogen-bond donors (Lipinski definition) is 0. The highest BCUT2D eigenvalue weighted by Gasteiger charge is 2.15. The Morgan fingerprint density at radius 1 is 0.538 bits per heavy atom. The van der Waals surface area contributed by atoms with Crippen molar-refractivity contribution in [2.45, 2.75) is 0 Å². The molecule has 0 saturated heterocycles. The summed E-state index contributed by atoms with van der Waals surface area (Å²) in [6, 6.07) is 44.9. The van der Waals surface area contributed by atoms with Gasteiger partial charge in [0.1, 0.15) is 17.0 Å². The molecule has 0 aliphatic heterocycles. The summed E-state index contributed by atoms with van der Waals surface area (Å²) in [5.41, 5.74) is 9.85. The van der Waals surface area contributed by atoms with Crippen molar-refractivity contribution in [2.75, 3.05) is 0 Å². The number of hydrogen-bond acceptors (Lipinski definition) is 2. The van der Waals surface area contributed by atoms with Crippen LogP contribution in [0.15, 0.2) is 132 Å². The first-order valence-corrected chi connectivity index (χ1v) is 13.2. The molecule has 184 valence electrons. The van der Waals surface area contributed by atoms with E-state index >= 15 is 0 Å². The molecule has 0 aliphatic carbocycles. The summed E-state index contributed by atoms with van der Waals surface area (Å²) in [5.74, 6) is 0.979. The van der Waals surface area contributed by atoms with Crippen molar-refractivity contribution in [1.29, 1.82) is 0 Å². The Morgan fingerprint density at radius 2 is 1.21 bits per heavy atom. The second-order valence-electron chi connectivity index (χ2n) is 10.1. The Kier molecular flexibility index (Phi) is 4.74. The Balaban J connectivity index is 1.23. The van der Waals surface area contributed by atoms with Gasteiger partial charge < -0.3 is 8.98 Å². The normalized spacial score (nSPS) is 11.7. The molecule has 0 bridgehead atoms. The van der Waals surface area contributed by atoms with Gasteiger partial charge in [-0.1, -0.05) is 103 Å². The second kappa shape index (κ2) is 8.44. The van der Waals surface area contributed by atoms with E-state index in [1.54, 1.807) is 0 Å². The van der Waals surface area contributed by atoms with Gasteiger partial charge in [0.15, 0.2) is 0 Å². The summed E-state index contributed by atoms with van der Waals surface area (Å²) >= 11 is 0. The van der Waals surface area contributed by atoms with Gasteiger partial charge in [-0.3, -0.25) is 0 Å². The molecule has 2 heterocycles. The molecule has 39 heavy (non-hydrogen) atoms. The summed E-state index contributed by atoms with van der Waals surface area (Å²) in [6.07, 6.45) is 0. The smallest absolute Gasteiger partial charge is 0.143 e. The standard InChI is InChI=1S/C36H24N2O/c1-38-33-20-19-26(21-32(33)37-36(38)25-9-3-2-4-10-25)23-15-17-24(18-16-23)30-22-31-28-12-7-8-14-34(28)39-35(31)29-13-6-5-11-27(29)30/h2-22H,1H3. The van der Waals surface area contributed by atoms with Gasteiger partial charge >= 0.3 is 0 Å². The third kappa shape index (κ3) is 3.40. The van der Waals surface area contributed by atoms with Crippen LogP contribution in [0.5, 0.6) is 0 Å². The summed E-state index contributed by atoms with van der Waals surface area (Å²) in [6.45, 7) is 0. The maximum Gasteiger partial charge on any atom is 0.143 e. The van der Waals surface area contributed by atoms with Gasteiger partial charge in [-0.15, -0.1) is 0 Å². The van der Waals surface area contributed by atoms with Crippen LogP contribution in [-0.2, 0) is 7.05 Å². The second-order valence-corrected chi connectivity index (χ2v) is 10.1. The van der Waals surface area contributed by atoms with Gasteiger partial charge in [-0.2, -0.15) is 0 Å². The lowest BCUT2D eigenvalue weighted by atomic mass is 9.94. The number of aromatic nitrogens is 2. The van der Waals surface area contributed by atoms with Crippen LogP contribution in [0.4, 0.5) is 0 Å². The van der Waals surface area contributed by atoms with Crippen molar-refractivity contribution in [2.24, 2.45) is 7.05 Å². The van der Waals surface area contributed by atoms with Crippen molar-refractivity contribution >= 4 is 43.7 Å². The van der Waals surface area contributed by atoms with E-state index in [2.05, 4.69) is 121 Å². The number of para-hydroxylation sites is 1. The Bertz CT molecular complexity index is 2170. The highest BCUT2D eigenvalue weighted by Crippen LogP contribution is 2.40. The van der Waals surface area contributed by atoms with Crippen LogP contribution in [0, 0.1) is 0 Å². The van der Waals surface area contributed by atoms with Crippen molar-refractivity contribution in [1.82, 2.24) is 9.55 Å². The van der Waals surface area contributed by atoms with Crippen LogP contribution < -0.4 is 0 Å². The fourth-order valence-corrected chi connectivity index (χ4v) is 5.85. The number of benzene rings is 6. The lowest BCUT2D eigenvalue weighted by Crippen LogP contribution is -1.91. The minimum Gasteiger partial charge on any atom is -0.455 e. The van der Waals surface area contributed by atoms with E-state index in [1.807, 2.05) is 18.2 Å². The molecule has 0 N–H and O–H groups in total. The van der Waals surface area contributed by atoms with Crippen molar-refractivity contribution in [3.63, 3.8) is 0 Å². The van der Waals surface area contributed by atoms with E-state index in [0.717, 1.165) is 55.3 Å². The highest BCUT2D eigenvalue weighted by atomic mass is 16.3. The molecule has 3 heteroatoms. The molecule has 0 radical (unpaired) electrons. The van der Waals surface area contributed by atoms with Crippen molar-refractivity contribution in [3.05, 3.63) is 127 Å². The van der Waals surface area contributed by atoms with E-state index in [1.165, 1.54) is 22.1 Å². The van der Waals surface area contributed by atoms with E-state index < -0.39 is 0 Å². The number of rotatable bonds is 3. The largest absolute Gasteiger partial charge is 0.455 e. The van der Waals surface area contributed by atoms with Crippen LogP contribution in [0.25, 0.3) is 77.4 Å². The quantitative estimate of drug-likeness (QED) is 0.242. The van der Waals surface area contributed by atoms with Gasteiger partial charge in [0, 0.05) is 28.8 Å². The first kappa shape index (κ1) is 21.9. The summed E-state index contributed by atoms with van der Waals surface area (Å²) < 4.78 is 8.46. The molecule has 0 atom stereocenters. The van der Waals surface area contributed by atoms with Crippen LogP contribution in [0.2, 0.25) is 0 Å². The van der Waals surface area contributed by atoms with Gasteiger partial charge in [0.05, 0.1) is 11.0 Å². The molecular formula is C36H24N2O. The van der Waals surface area contributed by atoms with Gasteiger partial charge in [-0.25, -0.2) is 4.98 Å². The lowest BCUT2D eigenvalue weighted by Gasteiger charge is -2.10. The predicted molar refractivity (Wildman–Crippen MR) is 162 cm³/mol. The Hall–Kier alpha value is -5.15. The third-order valence-electron chi connectivity index (χ3n) is 7.83. The van der Waals surface area contributed by atoms with Crippen LogP contribution in [0.1, 0.15) is 0 Å². The molecule has 3 nitrogen and oxygen atoms in total. The Morgan fingerprint density at radius 3 is 2.03 bits per heavy atom. The summed E-state index contributed by atoms with van der Waals surface area (Å²) in [7, 11) is 2.08. The van der Waals surface area contributed by atoms with Crippen LogP contribution >= 0.6 is 0 Å². The van der Waals surface area contributed by atoms with Crippen LogP contribution in [0.3, 0.4) is 0 Å². The zero-order chi connectivity index (χ0) is 25.9. The minimum absolute atomic E-state index is 0.922. The zero-order valence-corrected chi connectivity index (χ0v) is 21.4. The zero-order valence-electron chi connectivity index (χ0n) is 21.4.